The van der Waals surface area contributed by atoms with Crippen LogP contribution in [0.3, 0.4) is 0 Å². The predicted molar refractivity (Wildman–Crippen MR) is 220 cm³/mol. The van der Waals surface area contributed by atoms with Crippen molar-refractivity contribution >= 4 is 23.3 Å². The van der Waals surface area contributed by atoms with E-state index in [2.05, 4.69) is 78.3 Å². The summed E-state index contributed by atoms with van der Waals surface area (Å²) in [6.45, 7) is 8.14. The van der Waals surface area contributed by atoms with Gasteiger partial charge in [0.1, 0.15) is 11.3 Å². The zero-order valence-corrected chi connectivity index (χ0v) is 34.1. The van der Waals surface area contributed by atoms with E-state index in [1.165, 1.54) is 40.8 Å². The van der Waals surface area contributed by atoms with Crippen LogP contribution < -0.4 is 19.5 Å². The van der Waals surface area contributed by atoms with Gasteiger partial charge < -0.3 is 34.1 Å². The molecule has 0 radical (unpaired) electrons. The first-order valence-corrected chi connectivity index (χ1v) is 21.0. The SMILES string of the molecule is C[C@@H](COc1ccnc2c1[C@H](C)CCC2)CC1Cc2cc3c(cc2C12CCC(Nc1cccc(Cl)c1)(C(=O)O)CC2)OCC(CN(C)Cc1ccn(C)c1)CO3. The summed E-state index contributed by atoms with van der Waals surface area (Å²) in [7, 11) is 4.21. The molecule has 9 nitrogen and oxygen atoms in total. The topological polar surface area (TPSA) is 98.1 Å². The Kier molecular flexibility index (Phi) is 11.0. The number of aryl methyl sites for hydroxylation is 2. The molecule has 0 saturated heterocycles. The molecule has 2 unspecified atom stereocenters. The Labute approximate surface area is 336 Å². The van der Waals surface area contributed by atoms with Gasteiger partial charge in [0.25, 0.3) is 0 Å². The molecular formula is C46H57ClN4O5. The van der Waals surface area contributed by atoms with Gasteiger partial charge in [0.15, 0.2) is 11.5 Å². The predicted octanol–water partition coefficient (Wildman–Crippen LogP) is 9.06. The number of anilines is 1. The molecule has 4 aromatic rings. The van der Waals surface area contributed by atoms with Crippen LogP contribution in [0, 0.1) is 17.8 Å². The van der Waals surface area contributed by atoms with Crippen LogP contribution in [0.4, 0.5) is 5.69 Å². The minimum Gasteiger partial charge on any atom is -0.493 e. The molecule has 4 atom stereocenters. The second kappa shape index (κ2) is 16.0. The van der Waals surface area contributed by atoms with E-state index < -0.39 is 11.5 Å². The Morgan fingerprint density at radius 2 is 1.91 bits per heavy atom. The second-order valence-electron chi connectivity index (χ2n) is 17.5. The van der Waals surface area contributed by atoms with Crippen molar-refractivity contribution in [2.24, 2.45) is 24.8 Å². The Hall–Kier alpha value is -4.21. The molecule has 2 aromatic heterocycles. The normalized spacial score (nSPS) is 26.0. The van der Waals surface area contributed by atoms with Gasteiger partial charge in [-0.3, -0.25) is 4.98 Å². The van der Waals surface area contributed by atoms with E-state index in [0.29, 0.717) is 55.4 Å². The van der Waals surface area contributed by atoms with Gasteiger partial charge in [0.05, 0.1) is 19.8 Å². The van der Waals surface area contributed by atoms with Crippen LogP contribution in [-0.4, -0.2) is 64.5 Å². The van der Waals surface area contributed by atoms with Crippen LogP contribution in [0.5, 0.6) is 17.2 Å². The van der Waals surface area contributed by atoms with Crippen LogP contribution >= 0.6 is 11.6 Å². The number of hydrogen-bond donors (Lipinski definition) is 2. The summed E-state index contributed by atoms with van der Waals surface area (Å²) in [5.74, 6) is 3.08. The maximum Gasteiger partial charge on any atom is 0.329 e. The Morgan fingerprint density at radius 3 is 2.64 bits per heavy atom. The number of aromatic nitrogens is 2. The number of carboxylic acids is 1. The molecule has 298 valence electrons. The molecule has 3 heterocycles. The van der Waals surface area contributed by atoms with Crippen molar-refractivity contribution in [2.45, 2.75) is 95.1 Å². The monoisotopic (exact) mass is 780 g/mol. The number of hydrogen-bond acceptors (Lipinski definition) is 7. The van der Waals surface area contributed by atoms with Gasteiger partial charge in [0, 0.05) is 66.6 Å². The Morgan fingerprint density at radius 1 is 1.12 bits per heavy atom. The number of rotatable bonds is 12. The van der Waals surface area contributed by atoms with Gasteiger partial charge in [-0.2, -0.15) is 0 Å². The zero-order valence-electron chi connectivity index (χ0n) is 33.4. The number of ether oxygens (including phenoxy) is 3. The highest BCUT2D eigenvalue weighted by atomic mass is 35.5. The lowest BCUT2D eigenvalue weighted by molar-refractivity contribution is -0.144. The van der Waals surface area contributed by atoms with Crippen LogP contribution in [0.1, 0.15) is 92.7 Å². The molecule has 56 heavy (non-hydrogen) atoms. The van der Waals surface area contributed by atoms with Gasteiger partial charge in [0.2, 0.25) is 0 Å². The van der Waals surface area contributed by atoms with Gasteiger partial charge >= 0.3 is 5.97 Å². The van der Waals surface area contributed by atoms with Gasteiger partial charge in [-0.1, -0.05) is 31.5 Å². The number of nitrogens with one attached hydrogen (secondary N) is 1. The molecule has 2 N–H and O–H groups in total. The van der Waals surface area contributed by atoms with Crippen molar-refractivity contribution in [3.63, 3.8) is 0 Å². The smallest absolute Gasteiger partial charge is 0.329 e. The van der Waals surface area contributed by atoms with Crippen molar-refractivity contribution in [3.05, 3.63) is 100 Å². The molecule has 1 aliphatic heterocycles. The molecule has 4 aliphatic rings. The van der Waals surface area contributed by atoms with Crippen molar-refractivity contribution in [2.75, 3.05) is 38.7 Å². The van der Waals surface area contributed by atoms with E-state index in [-0.39, 0.29) is 11.3 Å². The summed E-state index contributed by atoms with van der Waals surface area (Å²) in [6.07, 6.45) is 13.9. The first kappa shape index (κ1) is 38.7. The first-order valence-electron chi connectivity index (χ1n) is 20.6. The number of halogens is 1. The number of aliphatic carboxylic acids is 1. The molecule has 2 aromatic carbocycles. The number of pyridine rings is 1. The molecule has 0 amide bonds. The highest BCUT2D eigenvalue weighted by Crippen LogP contribution is 2.58. The average Bonchev–Trinajstić information content (AvgIpc) is 3.63. The summed E-state index contributed by atoms with van der Waals surface area (Å²) in [6, 6.07) is 16.1. The third kappa shape index (κ3) is 7.86. The van der Waals surface area contributed by atoms with E-state index in [9.17, 15) is 9.90 Å². The molecular weight excluding hydrogens is 724 g/mol. The zero-order chi connectivity index (χ0) is 39.0. The van der Waals surface area contributed by atoms with Crippen molar-refractivity contribution in [1.82, 2.24) is 14.5 Å². The van der Waals surface area contributed by atoms with Crippen molar-refractivity contribution in [1.29, 1.82) is 0 Å². The van der Waals surface area contributed by atoms with E-state index >= 15 is 0 Å². The standard InChI is InChI=1S/C46H57ClN4O5/c1-30(27-54-40-11-17-48-39-10-5-7-31(2)43(39)40)19-35-20-34-21-41-42(56-29-33(28-55-41)26-51(4)25-32-12-18-50(3)24-32)23-38(34)45(35)13-15-46(16-14-45,44(52)53)49-37-9-6-8-36(47)22-37/h6,8-9,11-12,17-18,21-24,30-31,33,35,49H,5,7,10,13-16,19-20,25-29H2,1-4H3,(H,52,53)/t30-,31-,33?,35?,45?,46?/m1/s1. The van der Waals surface area contributed by atoms with Crippen LogP contribution in [0.25, 0.3) is 0 Å². The largest absolute Gasteiger partial charge is 0.493 e. The lowest BCUT2D eigenvalue weighted by atomic mass is 9.59. The third-order valence-electron chi connectivity index (χ3n) is 13.2. The minimum atomic E-state index is -1.08. The molecule has 3 aliphatic carbocycles. The van der Waals surface area contributed by atoms with Crippen LogP contribution in [-0.2, 0) is 36.6 Å². The van der Waals surface area contributed by atoms with Crippen LogP contribution in [0.15, 0.2) is 67.1 Å². The van der Waals surface area contributed by atoms with Crippen molar-refractivity contribution < 1.29 is 24.1 Å². The molecule has 1 spiro atoms. The summed E-state index contributed by atoms with van der Waals surface area (Å²) in [5.41, 5.74) is 5.82. The van der Waals surface area contributed by atoms with Gasteiger partial charge in [-0.15, -0.1) is 0 Å². The lowest BCUT2D eigenvalue weighted by Gasteiger charge is -2.47. The van der Waals surface area contributed by atoms with Gasteiger partial charge in [-0.25, -0.2) is 4.79 Å². The maximum absolute atomic E-state index is 13.1. The fourth-order valence-electron chi connectivity index (χ4n) is 10.4. The van der Waals surface area contributed by atoms with Gasteiger partial charge in [-0.05, 0) is 147 Å². The Balaban J connectivity index is 1.02. The second-order valence-corrected chi connectivity index (χ2v) is 18.0. The molecule has 8 rings (SSSR count). The van der Waals surface area contributed by atoms with E-state index in [4.69, 9.17) is 25.8 Å². The lowest BCUT2D eigenvalue weighted by Crippen LogP contribution is -2.53. The number of carboxylic acid groups (broad SMARTS) is 1. The summed E-state index contributed by atoms with van der Waals surface area (Å²) in [5, 5.41) is 14.7. The molecule has 1 saturated carbocycles. The average molecular weight is 781 g/mol. The molecule has 10 heteroatoms. The first-order chi connectivity index (χ1) is 27.0. The Bertz CT molecular complexity index is 2040. The number of nitrogens with zero attached hydrogens (tertiary/aromatic N) is 3. The maximum atomic E-state index is 13.1. The number of benzene rings is 2. The highest BCUT2D eigenvalue weighted by molar-refractivity contribution is 6.30. The fourth-order valence-corrected chi connectivity index (χ4v) is 10.6. The molecule has 1 fully saturated rings. The summed E-state index contributed by atoms with van der Waals surface area (Å²) in [4.78, 5) is 20.1. The number of fused-ring (bicyclic) bond motifs is 4. The van der Waals surface area contributed by atoms with Crippen molar-refractivity contribution in [3.8, 4) is 17.2 Å². The summed E-state index contributed by atoms with van der Waals surface area (Å²) < 4.78 is 21.8. The number of carbonyl (C=O) groups is 1. The molecule has 0 bridgehead atoms. The summed E-state index contributed by atoms with van der Waals surface area (Å²) >= 11 is 6.33. The van der Waals surface area contributed by atoms with E-state index in [1.54, 1.807) is 0 Å². The quantitative estimate of drug-likeness (QED) is 0.147. The van der Waals surface area contributed by atoms with Crippen LogP contribution in [0.2, 0.25) is 5.02 Å². The van der Waals surface area contributed by atoms with E-state index in [1.807, 2.05) is 36.5 Å². The van der Waals surface area contributed by atoms with E-state index in [0.717, 1.165) is 68.1 Å². The highest BCUT2D eigenvalue weighted by Gasteiger charge is 2.54. The fraction of sp³-hybridized carbons (Fsp3) is 0.522. The third-order valence-corrected chi connectivity index (χ3v) is 13.5. The minimum absolute atomic E-state index is 0.192.